The molecule has 1 aliphatic carbocycles. The highest BCUT2D eigenvalue weighted by Crippen LogP contribution is 2.25. The molecule has 0 aliphatic heterocycles. The topological polar surface area (TPSA) is 0 Å². The van der Waals surface area contributed by atoms with Gasteiger partial charge in [-0.1, -0.05) is 50.5 Å². The van der Waals surface area contributed by atoms with E-state index < -0.39 is 0 Å². The van der Waals surface area contributed by atoms with Gasteiger partial charge in [0.2, 0.25) is 0 Å². The van der Waals surface area contributed by atoms with E-state index in [9.17, 15) is 0 Å². The van der Waals surface area contributed by atoms with Crippen LogP contribution >= 0.6 is 0 Å². The molecular formula is C12H19. The third-order valence-electron chi connectivity index (χ3n) is 2.33. The Kier molecular flexibility index (Phi) is 3.58. The molecule has 0 heterocycles. The summed E-state index contributed by atoms with van der Waals surface area (Å²) in [6, 6.07) is 0. The van der Waals surface area contributed by atoms with Gasteiger partial charge in [-0.15, -0.1) is 0 Å². The van der Waals surface area contributed by atoms with Crippen LogP contribution in [-0.4, -0.2) is 0 Å². The molecule has 12 heavy (non-hydrogen) atoms. The summed E-state index contributed by atoms with van der Waals surface area (Å²) in [7, 11) is 0. The first kappa shape index (κ1) is 9.57. The SMILES string of the molecule is CCCCC1=C[CH]C(C(C)C)=C1. The Morgan fingerprint density at radius 1 is 1.33 bits per heavy atom. The monoisotopic (exact) mass is 163 g/mol. The first-order valence-electron chi connectivity index (χ1n) is 4.99. The fraction of sp³-hybridized carbons (Fsp3) is 0.583. The fourth-order valence-electron chi connectivity index (χ4n) is 1.41. The summed E-state index contributed by atoms with van der Waals surface area (Å²) >= 11 is 0. The van der Waals surface area contributed by atoms with Crippen molar-refractivity contribution in [3.05, 3.63) is 29.7 Å². The lowest BCUT2D eigenvalue weighted by Crippen LogP contribution is -1.89. The summed E-state index contributed by atoms with van der Waals surface area (Å²) in [5, 5.41) is 0. The molecule has 0 spiro atoms. The van der Waals surface area contributed by atoms with Crippen molar-refractivity contribution in [2.75, 3.05) is 0 Å². The van der Waals surface area contributed by atoms with Crippen LogP contribution in [0.15, 0.2) is 23.3 Å². The van der Waals surface area contributed by atoms with Crippen LogP contribution in [0.5, 0.6) is 0 Å². The van der Waals surface area contributed by atoms with Crippen LogP contribution in [0.1, 0.15) is 40.0 Å². The first-order valence-corrected chi connectivity index (χ1v) is 4.99. The van der Waals surface area contributed by atoms with Crippen LogP contribution in [0.25, 0.3) is 0 Å². The van der Waals surface area contributed by atoms with Crippen LogP contribution in [-0.2, 0) is 0 Å². The van der Waals surface area contributed by atoms with Gasteiger partial charge in [0.05, 0.1) is 0 Å². The molecule has 67 valence electrons. The summed E-state index contributed by atoms with van der Waals surface area (Å²) in [5.74, 6) is 0.681. The van der Waals surface area contributed by atoms with E-state index in [1.165, 1.54) is 30.4 Å². The standard InChI is InChI=1S/C12H19/c1-4-5-6-11-7-8-12(9-11)10(2)3/h7-10H,4-6H2,1-3H3. The van der Waals surface area contributed by atoms with Crippen LogP contribution < -0.4 is 0 Å². The molecule has 0 amide bonds. The van der Waals surface area contributed by atoms with E-state index in [0.29, 0.717) is 5.92 Å². The normalized spacial score (nSPS) is 16.7. The minimum atomic E-state index is 0.681. The van der Waals surface area contributed by atoms with Crippen molar-refractivity contribution in [2.24, 2.45) is 5.92 Å². The van der Waals surface area contributed by atoms with Crippen molar-refractivity contribution in [1.82, 2.24) is 0 Å². The maximum absolute atomic E-state index is 2.35. The molecule has 0 heteroatoms. The van der Waals surface area contributed by atoms with E-state index in [1.54, 1.807) is 0 Å². The summed E-state index contributed by atoms with van der Waals surface area (Å²) < 4.78 is 0. The van der Waals surface area contributed by atoms with E-state index in [-0.39, 0.29) is 0 Å². The molecule has 0 N–H and O–H groups in total. The van der Waals surface area contributed by atoms with Crippen molar-refractivity contribution in [1.29, 1.82) is 0 Å². The van der Waals surface area contributed by atoms with Gasteiger partial charge in [0.25, 0.3) is 0 Å². The van der Waals surface area contributed by atoms with Crippen molar-refractivity contribution >= 4 is 0 Å². The number of hydrogen-bond acceptors (Lipinski definition) is 0. The molecule has 1 aliphatic rings. The van der Waals surface area contributed by atoms with Gasteiger partial charge < -0.3 is 0 Å². The molecule has 0 aromatic rings. The van der Waals surface area contributed by atoms with Gasteiger partial charge in [0.1, 0.15) is 0 Å². The molecular weight excluding hydrogens is 144 g/mol. The summed E-state index contributed by atoms with van der Waals surface area (Å²) in [5.41, 5.74) is 3.00. The molecule has 0 fully saturated rings. The van der Waals surface area contributed by atoms with E-state index in [2.05, 4.69) is 39.3 Å². The average Bonchev–Trinajstić information content (AvgIpc) is 2.48. The minimum absolute atomic E-state index is 0.681. The Bertz CT molecular complexity index is 194. The van der Waals surface area contributed by atoms with E-state index in [0.717, 1.165) is 0 Å². The van der Waals surface area contributed by atoms with Crippen molar-refractivity contribution in [3.63, 3.8) is 0 Å². The molecule has 0 aromatic carbocycles. The Morgan fingerprint density at radius 2 is 2.08 bits per heavy atom. The Labute approximate surface area is 76.4 Å². The van der Waals surface area contributed by atoms with Gasteiger partial charge in [-0.05, 0) is 18.8 Å². The predicted molar refractivity (Wildman–Crippen MR) is 54.8 cm³/mol. The smallest absolute Gasteiger partial charge is 0.00890 e. The summed E-state index contributed by atoms with van der Waals surface area (Å²) in [6.07, 6.45) is 10.7. The number of hydrogen-bond donors (Lipinski definition) is 0. The van der Waals surface area contributed by atoms with Crippen molar-refractivity contribution < 1.29 is 0 Å². The second-order valence-electron chi connectivity index (χ2n) is 3.81. The highest BCUT2D eigenvalue weighted by molar-refractivity contribution is 5.41. The maximum atomic E-state index is 2.35. The lowest BCUT2D eigenvalue weighted by molar-refractivity contribution is 0.779. The first-order chi connectivity index (χ1) is 5.74. The second kappa shape index (κ2) is 4.49. The predicted octanol–water partition coefficient (Wildman–Crippen LogP) is 3.90. The third kappa shape index (κ3) is 2.51. The second-order valence-corrected chi connectivity index (χ2v) is 3.81. The lowest BCUT2D eigenvalue weighted by Gasteiger charge is -2.03. The van der Waals surface area contributed by atoms with Gasteiger partial charge in [0, 0.05) is 6.42 Å². The van der Waals surface area contributed by atoms with E-state index in [4.69, 9.17) is 0 Å². The fourth-order valence-corrected chi connectivity index (χ4v) is 1.41. The maximum Gasteiger partial charge on any atom is 0.00890 e. The highest BCUT2D eigenvalue weighted by atomic mass is 14.1. The number of rotatable bonds is 4. The molecule has 1 radical (unpaired) electrons. The van der Waals surface area contributed by atoms with Crippen molar-refractivity contribution in [2.45, 2.75) is 40.0 Å². The number of allylic oxidation sites excluding steroid dienone is 4. The zero-order valence-electron chi connectivity index (χ0n) is 8.43. The van der Waals surface area contributed by atoms with Gasteiger partial charge in [-0.2, -0.15) is 0 Å². The molecule has 0 atom stereocenters. The Hall–Kier alpha value is -0.520. The van der Waals surface area contributed by atoms with E-state index >= 15 is 0 Å². The molecule has 1 rings (SSSR count). The van der Waals surface area contributed by atoms with Gasteiger partial charge in [-0.3, -0.25) is 0 Å². The van der Waals surface area contributed by atoms with Crippen LogP contribution in [0.2, 0.25) is 0 Å². The Morgan fingerprint density at radius 3 is 2.58 bits per heavy atom. The summed E-state index contributed by atoms with van der Waals surface area (Å²) in [6.45, 7) is 6.74. The molecule has 0 bridgehead atoms. The molecule has 0 saturated heterocycles. The van der Waals surface area contributed by atoms with Gasteiger partial charge >= 0.3 is 0 Å². The van der Waals surface area contributed by atoms with Crippen LogP contribution in [0, 0.1) is 12.3 Å². The molecule has 0 saturated carbocycles. The lowest BCUT2D eigenvalue weighted by atomic mass is 10.0. The molecule has 0 nitrogen and oxygen atoms in total. The summed E-state index contributed by atoms with van der Waals surface area (Å²) in [4.78, 5) is 0. The molecule has 0 aromatic heterocycles. The highest BCUT2D eigenvalue weighted by Gasteiger charge is 2.09. The Balaban J connectivity index is 2.39. The average molecular weight is 163 g/mol. The van der Waals surface area contributed by atoms with Crippen molar-refractivity contribution in [3.8, 4) is 0 Å². The zero-order chi connectivity index (χ0) is 8.97. The van der Waals surface area contributed by atoms with E-state index in [1.807, 2.05) is 0 Å². The minimum Gasteiger partial charge on any atom is -0.0732 e. The third-order valence-corrected chi connectivity index (χ3v) is 2.33. The van der Waals surface area contributed by atoms with Crippen LogP contribution in [0.3, 0.4) is 0 Å². The molecule has 0 unspecified atom stereocenters. The van der Waals surface area contributed by atoms with Gasteiger partial charge in [0.15, 0.2) is 0 Å². The number of unbranched alkanes of at least 4 members (excludes halogenated alkanes) is 1. The van der Waals surface area contributed by atoms with Gasteiger partial charge in [-0.25, -0.2) is 0 Å². The quantitative estimate of drug-likeness (QED) is 0.589. The van der Waals surface area contributed by atoms with Crippen LogP contribution in [0.4, 0.5) is 0 Å². The zero-order valence-corrected chi connectivity index (χ0v) is 8.43. The largest absolute Gasteiger partial charge is 0.0732 e.